The van der Waals surface area contributed by atoms with Crippen LogP contribution in [0.1, 0.15) is 37.6 Å². The molecule has 0 fully saturated rings. The highest BCUT2D eigenvalue weighted by Crippen LogP contribution is 2.46. The van der Waals surface area contributed by atoms with E-state index >= 15 is 0 Å². The summed E-state index contributed by atoms with van der Waals surface area (Å²) in [5.74, 6) is -1.50. The average Bonchev–Trinajstić information content (AvgIpc) is 2.72. The number of rotatable bonds is 5. The van der Waals surface area contributed by atoms with Gasteiger partial charge in [0.15, 0.2) is 21.8 Å². The normalized spacial score (nSPS) is 16.3. The number of benzene rings is 1. The van der Waals surface area contributed by atoms with Crippen LogP contribution in [0.5, 0.6) is 0 Å². The first-order chi connectivity index (χ1) is 15.7. The van der Waals surface area contributed by atoms with Crippen LogP contribution in [0.25, 0.3) is 10.7 Å². The lowest BCUT2D eigenvalue weighted by Gasteiger charge is -2.29. The van der Waals surface area contributed by atoms with Gasteiger partial charge in [-0.2, -0.15) is 0 Å². The number of anilines is 1. The van der Waals surface area contributed by atoms with Crippen molar-refractivity contribution in [2.45, 2.75) is 39.2 Å². The molecule has 2 aromatic rings. The van der Waals surface area contributed by atoms with Crippen LogP contribution in [-0.4, -0.2) is 44.2 Å². The summed E-state index contributed by atoms with van der Waals surface area (Å²) in [7, 11) is -3.01. The van der Waals surface area contributed by atoms with Crippen LogP contribution in [0.2, 0.25) is 10.0 Å². The molecule has 0 bridgehead atoms. The molecule has 1 unspecified atom stereocenters. The van der Waals surface area contributed by atoms with E-state index in [9.17, 15) is 27.1 Å². The molecule has 0 saturated heterocycles. The first kappa shape index (κ1) is 26.3. The summed E-state index contributed by atoms with van der Waals surface area (Å²) >= 11 is 12.7. The summed E-state index contributed by atoms with van der Waals surface area (Å²) in [5, 5.41) is 9.42. The summed E-state index contributed by atoms with van der Waals surface area (Å²) in [6.45, 7) is 4.79. The molecule has 1 aromatic carbocycles. The lowest BCUT2D eigenvalue weighted by atomic mass is 9.97. The van der Waals surface area contributed by atoms with E-state index in [1.54, 1.807) is 32.9 Å². The van der Waals surface area contributed by atoms with Crippen LogP contribution in [0.3, 0.4) is 0 Å². The molecule has 2 heterocycles. The number of carbonyl (C=O) groups excluding carboxylic acids is 1. The molecule has 1 aromatic heterocycles. The van der Waals surface area contributed by atoms with Gasteiger partial charge in [-0.25, -0.2) is 17.2 Å². The van der Waals surface area contributed by atoms with Crippen molar-refractivity contribution in [1.29, 1.82) is 0 Å². The van der Waals surface area contributed by atoms with Crippen molar-refractivity contribution in [3.05, 3.63) is 57.3 Å². The first-order valence-electron chi connectivity index (χ1n) is 9.97. The van der Waals surface area contributed by atoms with E-state index in [1.807, 2.05) is 0 Å². The second kappa shape index (κ2) is 9.41. The minimum atomic E-state index is -4.14. The van der Waals surface area contributed by atoms with Crippen molar-refractivity contribution < 1.29 is 31.8 Å². The Bertz CT molecular complexity index is 1280. The topological polar surface area (TPSA) is 96.8 Å². The van der Waals surface area contributed by atoms with Crippen molar-refractivity contribution in [2.24, 2.45) is 5.41 Å². The predicted molar refractivity (Wildman–Crippen MR) is 126 cm³/mol. The maximum absolute atomic E-state index is 13.4. The van der Waals surface area contributed by atoms with Crippen molar-refractivity contribution in [2.75, 3.05) is 11.9 Å². The van der Waals surface area contributed by atoms with Gasteiger partial charge < -0.3 is 14.7 Å². The summed E-state index contributed by atoms with van der Waals surface area (Å²) in [6.07, 6.45) is -4.00. The lowest BCUT2D eigenvalue weighted by Crippen LogP contribution is -2.37. The molecule has 0 amide bonds. The minimum Gasteiger partial charge on any atom is -0.422 e. The Morgan fingerprint density at radius 1 is 1.24 bits per heavy atom. The van der Waals surface area contributed by atoms with Gasteiger partial charge in [0.05, 0.1) is 26.9 Å². The Kier molecular flexibility index (Phi) is 7.29. The molecule has 0 aliphatic carbocycles. The number of ether oxygens (including phenoxy) is 1. The Balaban J connectivity index is 2.35. The van der Waals surface area contributed by atoms with Crippen molar-refractivity contribution in [3.8, 4) is 0 Å². The third-order valence-corrected chi connectivity index (χ3v) is 7.47. The van der Waals surface area contributed by atoms with Gasteiger partial charge in [0, 0.05) is 18.8 Å². The van der Waals surface area contributed by atoms with E-state index in [4.69, 9.17) is 27.9 Å². The molecule has 34 heavy (non-hydrogen) atoms. The maximum atomic E-state index is 13.4. The van der Waals surface area contributed by atoms with Crippen LogP contribution in [0.4, 0.5) is 14.5 Å². The van der Waals surface area contributed by atoms with Gasteiger partial charge in [0.25, 0.3) is 6.43 Å². The molecule has 1 atom stereocenters. The summed E-state index contributed by atoms with van der Waals surface area (Å²) < 4.78 is 58.7. The van der Waals surface area contributed by atoms with E-state index in [-0.39, 0.29) is 32.7 Å². The van der Waals surface area contributed by atoms with Crippen LogP contribution < -0.4 is 4.90 Å². The molecule has 1 N–H and O–H groups in total. The number of aliphatic hydroxyl groups excluding tert-OH is 1. The highest BCUT2D eigenvalue weighted by Gasteiger charge is 2.39. The van der Waals surface area contributed by atoms with Gasteiger partial charge in [0.1, 0.15) is 10.6 Å². The summed E-state index contributed by atoms with van der Waals surface area (Å²) in [4.78, 5) is 17.3. The molecule has 3 rings (SSSR count). The standard InChI is InChI=1S/C22H22Cl2F2N2O5S/c1-22(2,3)21(30)33-17-15-11(6-5-9-27-15)10-34(31,32)18(17)12-7-8-13(23)16(14(12)24)28(4)20(29)19(25)26/h5-9,19-20,29H,10H2,1-4H3. The second-order valence-corrected chi connectivity index (χ2v) is 11.4. The molecule has 1 aliphatic heterocycles. The number of esters is 1. The number of nitrogens with zero attached hydrogens (tertiary/aromatic N) is 2. The molecular formula is C22H22Cl2F2N2O5S. The highest BCUT2D eigenvalue weighted by molar-refractivity contribution is 8.00. The van der Waals surface area contributed by atoms with Crippen LogP contribution >= 0.6 is 23.2 Å². The number of sulfone groups is 1. The van der Waals surface area contributed by atoms with Gasteiger partial charge >= 0.3 is 5.97 Å². The van der Waals surface area contributed by atoms with Gasteiger partial charge in [-0.05, 0) is 38.5 Å². The van der Waals surface area contributed by atoms with E-state index in [1.165, 1.54) is 18.3 Å². The van der Waals surface area contributed by atoms with Crippen LogP contribution in [-0.2, 0) is 25.1 Å². The molecule has 1 aliphatic rings. The van der Waals surface area contributed by atoms with E-state index in [0.717, 1.165) is 11.9 Å². The predicted octanol–water partition coefficient (Wildman–Crippen LogP) is 4.75. The third kappa shape index (κ3) is 4.91. The number of hydrogen-bond donors (Lipinski definition) is 1. The lowest BCUT2D eigenvalue weighted by molar-refractivity contribution is -0.145. The molecule has 184 valence electrons. The van der Waals surface area contributed by atoms with Crippen LogP contribution in [0.15, 0.2) is 30.5 Å². The Morgan fingerprint density at radius 3 is 2.47 bits per heavy atom. The molecule has 12 heteroatoms. The number of alkyl halides is 2. The number of hydrogen-bond acceptors (Lipinski definition) is 7. The van der Waals surface area contributed by atoms with E-state index in [2.05, 4.69) is 4.98 Å². The fraction of sp³-hybridized carbons (Fsp3) is 0.364. The molecule has 0 spiro atoms. The van der Waals surface area contributed by atoms with Crippen molar-refractivity contribution in [3.63, 3.8) is 0 Å². The van der Waals surface area contributed by atoms with Gasteiger partial charge in [-0.15, -0.1) is 0 Å². The fourth-order valence-corrected chi connectivity index (χ4v) is 5.76. The number of halogens is 4. The zero-order valence-corrected chi connectivity index (χ0v) is 21.0. The summed E-state index contributed by atoms with van der Waals surface area (Å²) in [6, 6.07) is 5.63. The SMILES string of the molecule is CN(c1c(Cl)ccc(C2=C(OC(=O)C(C)(C)C)c3ncccc3CS2(=O)=O)c1Cl)C(O)C(F)F. The Hall–Kier alpha value is -2.27. The zero-order valence-electron chi connectivity index (χ0n) is 18.6. The fourth-order valence-electron chi connectivity index (χ4n) is 3.26. The number of carbonyl (C=O) groups is 1. The average molecular weight is 535 g/mol. The zero-order chi connectivity index (χ0) is 25.6. The molecule has 0 radical (unpaired) electrons. The quantitative estimate of drug-likeness (QED) is 0.436. The largest absolute Gasteiger partial charge is 0.422 e. The molecular weight excluding hydrogens is 513 g/mol. The minimum absolute atomic E-state index is 0.100. The number of aliphatic hydroxyl groups is 1. The highest BCUT2D eigenvalue weighted by atomic mass is 35.5. The monoisotopic (exact) mass is 534 g/mol. The van der Waals surface area contributed by atoms with E-state index in [0.29, 0.717) is 5.56 Å². The third-order valence-electron chi connectivity index (χ3n) is 5.06. The molecule has 7 nitrogen and oxygen atoms in total. The number of pyridine rings is 1. The Labute approximate surface area is 205 Å². The van der Waals surface area contributed by atoms with Crippen molar-refractivity contribution in [1.82, 2.24) is 4.98 Å². The van der Waals surface area contributed by atoms with E-state index < -0.39 is 44.5 Å². The van der Waals surface area contributed by atoms with Gasteiger partial charge in [-0.3, -0.25) is 9.78 Å². The van der Waals surface area contributed by atoms with Crippen molar-refractivity contribution >= 4 is 55.4 Å². The summed E-state index contributed by atoms with van der Waals surface area (Å²) in [5.41, 5.74) is -0.880. The smallest absolute Gasteiger partial charge is 0.316 e. The van der Waals surface area contributed by atoms with Gasteiger partial charge in [-0.1, -0.05) is 35.3 Å². The maximum Gasteiger partial charge on any atom is 0.316 e. The number of aromatic nitrogens is 1. The number of fused-ring (bicyclic) bond motifs is 1. The van der Waals surface area contributed by atoms with Crippen LogP contribution in [0, 0.1) is 5.41 Å². The molecule has 0 saturated carbocycles. The Morgan fingerprint density at radius 2 is 1.88 bits per heavy atom. The second-order valence-electron chi connectivity index (χ2n) is 8.68. The first-order valence-corrected chi connectivity index (χ1v) is 12.4. The van der Waals surface area contributed by atoms with Gasteiger partial charge in [0.2, 0.25) is 0 Å².